The lowest BCUT2D eigenvalue weighted by Gasteiger charge is -2.31. The van der Waals surface area contributed by atoms with Gasteiger partial charge in [-0.25, -0.2) is 9.38 Å². The first kappa shape index (κ1) is 13.2. The van der Waals surface area contributed by atoms with E-state index in [0.29, 0.717) is 11.3 Å². The van der Waals surface area contributed by atoms with Gasteiger partial charge in [-0.15, -0.1) is 6.42 Å². The summed E-state index contributed by atoms with van der Waals surface area (Å²) in [4.78, 5) is 6.00. The molecule has 3 rings (SSSR count). The van der Waals surface area contributed by atoms with Gasteiger partial charge in [0.25, 0.3) is 0 Å². The van der Waals surface area contributed by atoms with Crippen molar-refractivity contribution in [2.75, 3.05) is 10.6 Å². The van der Waals surface area contributed by atoms with Gasteiger partial charge in [-0.1, -0.05) is 12.0 Å². The number of benzene rings is 2. The monoisotopic (exact) mass is 280 g/mol. The Hall–Kier alpha value is -2.84. The van der Waals surface area contributed by atoms with Crippen molar-refractivity contribution in [1.29, 1.82) is 0 Å². The summed E-state index contributed by atoms with van der Waals surface area (Å²) in [7, 11) is 0. The summed E-state index contributed by atoms with van der Waals surface area (Å²) in [5.74, 6) is 2.08. The molecule has 0 amide bonds. The van der Waals surface area contributed by atoms with Crippen molar-refractivity contribution in [3.63, 3.8) is 0 Å². The molecule has 1 atom stereocenters. The third-order valence-electron chi connectivity index (χ3n) is 3.40. The average Bonchev–Trinajstić information content (AvgIpc) is 2.50. The molecule has 0 aromatic heterocycles. The highest BCUT2D eigenvalue weighted by Crippen LogP contribution is 2.35. The Morgan fingerprint density at radius 1 is 1.29 bits per heavy atom. The largest absolute Gasteiger partial charge is 0.396 e. The van der Waals surface area contributed by atoms with E-state index in [1.54, 1.807) is 11.2 Å². The molecule has 104 valence electrons. The zero-order chi connectivity index (χ0) is 15.0. The normalized spacial score (nSPS) is 16.4. The highest BCUT2D eigenvalue weighted by molar-refractivity contribution is 5.86. The van der Waals surface area contributed by atoms with Gasteiger partial charge in [-0.05, 0) is 24.3 Å². The summed E-state index contributed by atoms with van der Waals surface area (Å²) in [6.07, 6.45) is 6.47. The SMILES string of the molecule is C#Cc1cccc(N2C=Nc3cc(F)c(N)cc3C2N)c1. The standard InChI is InChI=1S/C16H13FN4/c1-2-10-4-3-5-11(6-10)21-9-20-15-8-13(17)14(18)7-12(15)16(21)19/h1,3-9,16H,18-19H2. The van der Waals surface area contributed by atoms with E-state index in [-0.39, 0.29) is 5.69 Å². The Morgan fingerprint density at radius 2 is 2.10 bits per heavy atom. The van der Waals surface area contributed by atoms with Crippen LogP contribution in [0.1, 0.15) is 17.3 Å². The van der Waals surface area contributed by atoms with E-state index in [1.807, 2.05) is 24.3 Å². The fourth-order valence-corrected chi connectivity index (χ4v) is 2.28. The summed E-state index contributed by atoms with van der Waals surface area (Å²) >= 11 is 0. The second-order valence-corrected chi connectivity index (χ2v) is 4.72. The summed E-state index contributed by atoms with van der Waals surface area (Å²) in [5.41, 5.74) is 14.6. The van der Waals surface area contributed by atoms with E-state index in [1.165, 1.54) is 12.1 Å². The average molecular weight is 280 g/mol. The second kappa shape index (κ2) is 4.93. The van der Waals surface area contributed by atoms with Gasteiger partial charge in [0.15, 0.2) is 0 Å². The maximum atomic E-state index is 13.5. The minimum absolute atomic E-state index is 0.0543. The molecule has 1 heterocycles. The van der Waals surface area contributed by atoms with Crippen LogP contribution in [0.15, 0.2) is 41.4 Å². The second-order valence-electron chi connectivity index (χ2n) is 4.72. The molecule has 5 heteroatoms. The lowest BCUT2D eigenvalue weighted by Crippen LogP contribution is -2.35. The number of rotatable bonds is 1. The van der Waals surface area contributed by atoms with Crippen LogP contribution in [0, 0.1) is 18.2 Å². The van der Waals surface area contributed by atoms with E-state index >= 15 is 0 Å². The van der Waals surface area contributed by atoms with Crippen molar-refractivity contribution in [2.24, 2.45) is 10.7 Å². The molecule has 0 saturated heterocycles. The van der Waals surface area contributed by atoms with E-state index in [4.69, 9.17) is 17.9 Å². The molecule has 1 aliphatic heterocycles. The molecule has 0 saturated carbocycles. The van der Waals surface area contributed by atoms with Gasteiger partial charge in [0.2, 0.25) is 0 Å². The van der Waals surface area contributed by atoms with E-state index < -0.39 is 12.0 Å². The molecular weight excluding hydrogens is 267 g/mol. The van der Waals surface area contributed by atoms with E-state index in [2.05, 4.69) is 10.9 Å². The van der Waals surface area contributed by atoms with Crippen molar-refractivity contribution in [1.82, 2.24) is 0 Å². The number of hydrogen-bond donors (Lipinski definition) is 2. The highest BCUT2D eigenvalue weighted by atomic mass is 19.1. The zero-order valence-corrected chi connectivity index (χ0v) is 11.1. The first-order chi connectivity index (χ1) is 10.1. The summed E-state index contributed by atoms with van der Waals surface area (Å²) in [6.45, 7) is 0. The Kier molecular flexibility index (Phi) is 3.09. The molecule has 0 radical (unpaired) electrons. The van der Waals surface area contributed by atoms with Crippen molar-refractivity contribution < 1.29 is 4.39 Å². The quantitative estimate of drug-likeness (QED) is 0.623. The Bertz CT molecular complexity index is 776. The summed E-state index contributed by atoms with van der Waals surface area (Å²) in [6, 6.07) is 10.2. The molecule has 0 aliphatic carbocycles. The number of aliphatic imine (C=N–C) groups is 1. The van der Waals surface area contributed by atoms with Crippen molar-refractivity contribution in [2.45, 2.75) is 6.17 Å². The lowest BCUT2D eigenvalue weighted by molar-refractivity contribution is 0.630. The Balaban J connectivity index is 2.05. The smallest absolute Gasteiger partial charge is 0.148 e. The molecule has 4 nitrogen and oxygen atoms in total. The van der Waals surface area contributed by atoms with Crippen LogP contribution in [0.2, 0.25) is 0 Å². The van der Waals surface area contributed by atoms with Crippen LogP contribution < -0.4 is 16.4 Å². The van der Waals surface area contributed by atoms with Crippen LogP contribution in [0.4, 0.5) is 21.5 Å². The van der Waals surface area contributed by atoms with Crippen LogP contribution in [0.25, 0.3) is 0 Å². The van der Waals surface area contributed by atoms with Gasteiger partial charge in [0, 0.05) is 22.9 Å². The maximum Gasteiger partial charge on any atom is 0.148 e. The molecule has 0 bridgehead atoms. The maximum absolute atomic E-state index is 13.5. The van der Waals surface area contributed by atoms with Gasteiger partial charge in [0.1, 0.15) is 12.0 Å². The van der Waals surface area contributed by atoms with Crippen LogP contribution in [0.5, 0.6) is 0 Å². The number of hydrogen-bond acceptors (Lipinski definition) is 4. The summed E-state index contributed by atoms with van der Waals surface area (Å²) < 4.78 is 13.5. The first-order valence-electron chi connectivity index (χ1n) is 6.34. The molecule has 2 aromatic carbocycles. The molecule has 1 aliphatic rings. The first-order valence-corrected chi connectivity index (χ1v) is 6.34. The predicted octanol–water partition coefficient (Wildman–Crippen LogP) is 2.53. The van der Waals surface area contributed by atoms with Gasteiger partial charge in [-0.2, -0.15) is 0 Å². The molecule has 21 heavy (non-hydrogen) atoms. The number of nitrogens with two attached hydrogens (primary N) is 2. The minimum atomic E-state index is -0.506. The zero-order valence-electron chi connectivity index (χ0n) is 11.1. The Morgan fingerprint density at radius 3 is 2.86 bits per heavy atom. The molecule has 1 unspecified atom stereocenters. The van der Waals surface area contributed by atoms with Crippen LogP contribution in [-0.4, -0.2) is 6.34 Å². The van der Waals surface area contributed by atoms with Gasteiger partial charge in [0.05, 0.1) is 17.7 Å². The molecule has 0 spiro atoms. The van der Waals surface area contributed by atoms with E-state index in [9.17, 15) is 4.39 Å². The number of nitrogens with zero attached hydrogens (tertiary/aromatic N) is 2. The highest BCUT2D eigenvalue weighted by Gasteiger charge is 2.23. The van der Waals surface area contributed by atoms with Crippen molar-refractivity contribution in [3.8, 4) is 12.3 Å². The number of anilines is 2. The minimum Gasteiger partial charge on any atom is -0.396 e. The van der Waals surface area contributed by atoms with E-state index in [0.717, 1.165) is 11.3 Å². The molecule has 4 N–H and O–H groups in total. The fraction of sp³-hybridized carbons (Fsp3) is 0.0625. The van der Waals surface area contributed by atoms with Crippen molar-refractivity contribution >= 4 is 23.4 Å². The van der Waals surface area contributed by atoms with Crippen molar-refractivity contribution in [3.05, 3.63) is 53.3 Å². The van der Waals surface area contributed by atoms with Crippen LogP contribution in [-0.2, 0) is 0 Å². The van der Waals surface area contributed by atoms with Crippen LogP contribution in [0.3, 0.4) is 0 Å². The predicted molar refractivity (Wildman–Crippen MR) is 82.7 cm³/mol. The number of fused-ring (bicyclic) bond motifs is 1. The fourth-order valence-electron chi connectivity index (χ4n) is 2.28. The van der Waals surface area contributed by atoms with Gasteiger partial charge < -0.3 is 16.4 Å². The third-order valence-corrected chi connectivity index (χ3v) is 3.40. The Labute approximate surface area is 121 Å². The number of terminal acetylenes is 1. The summed E-state index contributed by atoms with van der Waals surface area (Å²) in [5, 5.41) is 0. The molecule has 2 aromatic rings. The molecule has 0 fully saturated rings. The number of halogens is 1. The van der Waals surface area contributed by atoms with Crippen LogP contribution >= 0.6 is 0 Å². The lowest BCUT2D eigenvalue weighted by atomic mass is 10.1. The topological polar surface area (TPSA) is 67.6 Å². The van der Waals surface area contributed by atoms with Gasteiger partial charge >= 0.3 is 0 Å². The molecular formula is C16H13FN4. The van der Waals surface area contributed by atoms with Gasteiger partial charge in [-0.3, -0.25) is 0 Å². The number of nitrogen functional groups attached to an aromatic ring is 1. The third kappa shape index (κ3) is 2.22.